The average Bonchev–Trinajstić information content (AvgIpc) is 3.07. The van der Waals surface area contributed by atoms with Crippen LogP contribution in [0, 0.1) is 13.8 Å². The van der Waals surface area contributed by atoms with Crippen molar-refractivity contribution in [3.8, 4) is 0 Å². The van der Waals surface area contributed by atoms with Gasteiger partial charge in [0.15, 0.2) is 5.96 Å². The summed E-state index contributed by atoms with van der Waals surface area (Å²) in [7, 11) is 1.74. The molecule has 0 bridgehead atoms. The molecule has 2 aromatic heterocycles. The van der Waals surface area contributed by atoms with Gasteiger partial charge in [-0.15, -0.1) is 11.3 Å². The van der Waals surface area contributed by atoms with Gasteiger partial charge in [0.2, 0.25) is 5.89 Å². The van der Waals surface area contributed by atoms with E-state index in [1.165, 1.54) is 0 Å². The van der Waals surface area contributed by atoms with E-state index in [0.29, 0.717) is 30.9 Å². The van der Waals surface area contributed by atoms with Crippen LogP contribution >= 0.6 is 11.3 Å². The van der Waals surface area contributed by atoms with Crippen LogP contribution in [0.3, 0.4) is 0 Å². The van der Waals surface area contributed by atoms with Crippen molar-refractivity contribution in [1.82, 2.24) is 20.6 Å². The summed E-state index contributed by atoms with van der Waals surface area (Å²) in [5.74, 6) is 2.68. The Labute approximate surface area is 135 Å². The monoisotopic (exact) mass is 321 g/mol. The van der Waals surface area contributed by atoms with Gasteiger partial charge in [-0.3, -0.25) is 4.99 Å². The van der Waals surface area contributed by atoms with E-state index < -0.39 is 0 Å². The zero-order valence-corrected chi connectivity index (χ0v) is 14.5. The molecule has 0 spiro atoms. The highest BCUT2D eigenvalue weighted by atomic mass is 32.1. The normalized spacial score (nSPS) is 12.0. The number of guanidine groups is 1. The Morgan fingerprint density at radius 1 is 1.27 bits per heavy atom. The van der Waals surface area contributed by atoms with Crippen LogP contribution in [0.15, 0.2) is 14.8 Å². The summed E-state index contributed by atoms with van der Waals surface area (Å²) >= 11 is 1.70. The molecule has 0 aromatic carbocycles. The summed E-state index contributed by atoms with van der Waals surface area (Å²) in [4.78, 5) is 13.1. The molecule has 0 aliphatic heterocycles. The van der Waals surface area contributed by atoms with Gasteiger partial charge in [-0.2, -0.15) is 0 Å². The maximum absolute atomic E-state index is 5.53. The third-order valence-electron chi connectivity index (χ3n) is 3.20. The first-order chi connectivity index (χ1) is 10.5. The lowest BCUT2D eigenvalue weighted by molar-refractivity contribution is 0.463. The molecule has 0 fully saturated rings. The molecule has 7 heteroatoms. The second kappa shape index (κ2) is 7.40. The summed E-state index contributed by atoms with van der Waals surface area (Å²) in [5, 5.41) is 9.67. The van der Waals surface area contributed by atoms with E-state index in [1.807, 2.05) is 13.8 Å². The topological polar surface area (TPSA) is 75.3 Å². The number of nitrogens with zero attached hydrogens (tertiary/aromatic N) is 3. The fourth-order valence-corrected chi connectivity index (χ4v) is 2.67. The molecule has 0 amide bonds. The number of nitrogens with one attached hydrogen (secondary N) is 2. The molecule has 0 radical (unpaired) electrons. The largest absolute Gasteiger partial charge is 0.444 e. The highest BCUT2D eigenvalue weighted by Crippen LogP contribution is 2.18. The lowest BCUT2D eigenvalue weighted by atomic mass is 10.2. The second-order valence-electron chi connectivity index (χ2n) is 5.36. The van der Waals surface area contributed by atoms with Crippen LogP contribution < -0.4 is 10.6 Å². The van der Waals surface area contributed by atoms with E-state index >= 15 is 0 Å². The number of rotatable bonds is 5. The average molecular weight is 321 g/mol. The van der Waals surface area contributed by atoms with Crippen LogP contribution in [0.1, 0.15) is 47.8 Å². The van der Waals surface area contributed by atoms with Gasteiger partial charge in [0, 0.05) is 18.3 Å². The van der Waals surface area contributed by atoms with Crippen LogP contribution in [0.25, 0.3) is 0 Å². The minimum absolute atomic E-state index is 0.465. The molecule has 0 unspecified atom stereocenters. The molecular weight excluding hydrogens is 298 g/mol. The SMILES string of the molecule is CN=C(NCc1csc(C(C)C)n1)NCc1nc(C)c(C)o1. The van der Waals surface area contributed by atoms with Crippen molar-refractivity contribution in [3.05, 3.63) is 33.4 Å². The molecule has 22 heavy (non-hydrogen) atoms. The molecule has 2 N–H and O–H groups in total. The maximum atomic E-state index is 5.53. The van der Waals surface area contributed by atoms with Crippen molar-refractivity contribution in [3.63, 3.8) is 0 Å². The molecule has 120 valence electrons. The van der Waals surface area contributed by atoms with E-state index in [4.69, 9.17) is 4.42 Å². The zero-order chi connectivity index (χ0) is 16.1. The van der Waals surface area contributed by atoms with Gasteiger partial charge in [-0.05, 0) is 13.8 Å². The Morgan fingerprint density at radius 2 is 2.00 bits per heavy atom. The Kier molecular flexibility index (Phi) is 5.54. The molecule has 2 rings (SSSR count). The van der Waals surface area contributed by atoms with Crippen LogP contribution in [-0.4, -0.2) is 23.0 Å². The Hall–Kier alpha value is -1.89. The van der Waals surface area contributed by atoms with Gasteiger partial charge >= 0.3 is 0 Å². The predicted octanol–water partition coefficient (Wildman–Crippen LogP) is 2.74. The lowest BCUT2D eigenvalue weighted by Crippen LogP contribution is -2.36. The number of hydrogen-bond acceptors (Lipinski definition) is 5. The summed E-state index contributed by atoms with van der Waals surface area (Å²) in [6.07, 6.45) is 0. The molecule has 2 heterocycles. The first-order valence-corrected chi connectivity index (χ1v) is 8.19. The fraction of sp³-hybridized carbons (Fsp3) is 0.533. The van der Waals surface area contributed by atoms with E-state index in [-0.39, 0.29) is 0 Å². The van der Waals surface area contributed by atoms with Gasteiger partial charge in [0.25, 0.3) is 0 Å². The van der Waals surface area contributed by atoms with Crippen molar-refractivity contribution < 1.29 is 4.42 Å². The number of oxazole rings is 1. The van der Waals surface area contributed by atoms with E-state index in [9.17, 15) is 0 Å². The molecule has 0 saturated heterocycles. The molecule has 0 saturated carbocycles. The summed E-state index contributed by atoms with van der Waals surface area (Å²) in [6.45, 7) is 9.29. The third-order valence-corrected chi connectivity index (χ3v) is 4.40. The molecule has 6 nitrogen and oxygen atoms in total. The summed E-state index contributed by atoms with van der Waals surface area (Å²) < 4.78 is 5.53. The standard InChI is InChI=1S/C15H23N5OS/c1-9(2)14-20-12(8-22-14)6-17-15(16-5)18-7-13-19-10(3)11(4)21-13/h8-9H,6-7H2,1-5H3,(H2,16,17,18). The van der Waals surface area contributed by atoms with Crippen molar-refractivity contribution in [2.24, 2.45) is 4.99 Å². The molecule has 0 aliphatic rings. The number of aromatic nitrogens is 2. The zero-order valence-electron chi connectivity index (χ0n) is 13.7. The molecular formula is C15H23N5OS. The maximum Gasteiger partial charge on any atom is 0.214 e. The highest BCUT2D eigenvalue weighted by Gasteiger charge is 2.08. The van der Waals surface area contributed by atoms with E-state index in [1.54, 1.807) is 18.4 Å². The van der Waals surface area contributed by atoms with Gasteiger partial charge < -0.3 is 15.1 Å². The third kappa shape index (κ3) is 4.30. The van der Waals surface area contributed by atoms with Gasteiger partial charge in [-0.25, -0.2) is 9.97 Å². The number of hydrogen-bond donors (Lipinski definition) is 2. The Bertz CT molecular complexity index is 625. The summed E-state index contributed by atoms with van der Waals surface area (Å²) in [6, 6.07) is 0. The minimum Gasteiger partial charge on any atom is -0.444 e. The molecule has 0 aliphatic carbocycles. The van der Waals surface area contributed by atoms with Gasteiger partial charge in [0.1, 0.15) is 5.76 Å². The van der Waals surface area contributed by atoms with Gasteiger partial charge in [0.05, 0.1) is 29.5 Å². The number of aryl methyl sites for hydroxylation is 2. The predicted molar refractivity (Wildman–Crippen MR) is 89.2 cm³/mol. The van der Waals surface area contributed by atoms with Crippen molar-refractivity contribution in [1.29, 1.82) is 0 Å². The number of aliphatic imine (C=N–C) groups is 1. The Morgan fingerprint density at radius 3 is 2.55 bits per heavy atom. The second-order valence-corrected chi connectivity index (χ2v) is 6.25. The highest BCUT2D eigenvalue weighted by molar-refractivity contribution is 7.09. The van der Waals surface area contributed by atoms with Crippen molar-refractivity contribution in [2.45, 2.75) is 46.7 Å². The fourth-order valence-electron chi connectivity index (χ4n) is 1.84. The first-order valence-electron chi connectivity index (χ1n) is 7.31. The minimum atomic E-state index is 0.465. The first kappa shape index (κ1) is 16.5. The Balaban J connectivity index is 1.84. The van der Waals surface area contributed by atoms with Gasteiger partial charge in [-0.1, -0.05) is 13.8 Å². The van der Waals surface area contributed by atoms with Crippen LogP contribution in [0.5, 0.6) is 0 Å². The van der Waals surface area contributed by atoms with Crippen molar-refractivity contribution >= 4 is 17.3 Å². The van der Waals surface area contributed by atoms with E-state index in [2.05, 4.69) is 44.8 Å². The van der Waals surface area contributed by atoms with Crippen LogP contribution in [-0.2, 0) is 13.1 Å². The van der Waals surface area contributed by atoms with Crippen LogP contribution in [0.2, 0.25) is 0 Å². The molecule has 0 atom stereocenters. The molecule has 2 aromatic rings. The smallest absolute Gasteiger partial charge is 0.214 e. The quantitative estimate of drug-likeness (QED) is 0.654. The van der Waals surface area contributed by atoms with Crippen LogP contribution in [0.4, 0.5) is 0 Å². The lowest BCUT2D eigenvalue weighted by Gasteiger charge is -2.09. The summed E-state index contributed by atoms with van der Waals surface area (Å²) in [5.41, 5.74) is 1.95. The van der Waals surface area contributed by atoms with Crippen molar-refractivity contribution in [2.75, 3.05) is 7.05 Å². The van der Waals surface area contributed by atoms with E-state index in [0.717, 1.165) is 22.2 Å². The number of thiazole rings is 1.